The molecule has 0 aromatic heterocycles. The van der Waals surface area contributed by atoms with Gasteiger partial charge in [0.25, 0.3) is 0 Å². The molecule has 0 bridgehead atoms. The van der Waals surface area contributed by atoms with Crippen molar-refractivity contribution in [1.82, 2.24) is 0 Å². The third-order valence-electron chi connectivity index (χ3n) is 3.34. The van der Waals surface area contributed by atoms with E-state index in [-0.39, 0.29) is 24.7 Å². The number of ketones is 2. The molecule has 0 fully saturated rings. The quantitative estimate of drug-likeness (QED) is 0.385. The minimum atomic E-state index is -1.57. The normalized spacial score (nSPS) is 17.1. The lowest BCUT2D eigenvalue weighted by atomic mass is 9.97. The Morgan fingerprint density at radius 2 is 1.09 bits per heavy atom. The molecule has 0 aromatic carbocycles. The molecule has 0 aliphatic carbocycles. The van der Waals surface area contributed by atoms with E-state index in [0.29, 0.717) is 0 Å². The fraction of sp³-hybridized carbons (Fsp3) is 0.875. The van der Waals surface area contributed by atoms with Gasteiger partial charge in [-0.1, -0.05) is 27.7 Å². The fourth-order valence-corrected chi connectivity index (χ4v) is 2.14. The molecule has 0 amide bonds. The Kier molecular flexibility index (Phi) is 10.4. The molecular weight excluding hydrogens is 304 g/mol. The Bertz CT molecular complexity index is 333. The second-order valence-corrected chi connectivity index (χ2v) is 6.57. The predicted octanol–water partition coefficient (Wildman–Crippen LogP) is -0.323. The summed E-state index contributed by atoms with van der Waals surface area (Å²) in [6, 6.07) is 0. The van der Waals surface area contributed by atoms with Gasteiger partial charge in [-0.2, -0.15) is 0 Å². The van der Waals surface area contributed by atoms with E-state index in [4.69, 9.17) is 14.9 Å². The highest BCUT2D eigenvalue weighted by Gasteiger charge is 2.34. The van der Waals surface area contributed by atoms with E-state index >= 15 is 0 Å². The van der Waals surface area contributed by atoms with E-state index in [1.54, 1.807) is 0 Å². The van der Waals surface area contributed by atoms with Crippen molar-refractivity contribution in [2.45, 2.75) is 65.0 Å². The lowest BCUT2D eigenvalue weighted by molar-refractivity contribution is -0.157. The first-order valence-electron chi connectivity index (χ1n) is 7.94. The maximum absolute atomic E-state index is 12.1. The van der Waals surface area contributed by atoms with E-state index in [1.165, 1.54) is 0 Å². The molecule has 0 aromatic rings. The largest absolute Gasteiger partial charge is 0.393 e. The van der Waals surface area contributed by atoms with Gasteiger partial charge in [0.2, 0.25) is 0 Å². The Hall–Kier alpha value is -0.860. The summed E-state index contributed by atoms with van der Waals surface area (Å²) in [6.45, 7) is 5.99. The molecule has 4 atom stereocenters. The highest BCUT2D eigenvalue weighted by atomic mass is 16.5. The summed E-state index contributed by atoms with van der Waals surface area (Å²) in [7, 11) is 0. The Morgan fingerprint density at radius 1 is 0.783 bits per heavy atom. The van der Waals surface area contributed by atoms with Gasteiger partial charge in [-0.25, -0.2) is 0 Å². The second kappa shape index (κ2) is 10.8. The summed E-state index contributed by atoms with van der Waals surface area (Å²) >= 11 is 0. The lowest BCUT2D eigenvalue weighted by Crippen LogP contribution is -2.44. The van der Waals surface area contributed by atoms with Crippen LogP contribution in [0.3, 0.4) is 0 Å². The van der Waals surface area contributed by atoms with Crippen LogP contribution in [-0.4, -0.2) is 69.6 Å². The van der Waals surface area contributed by atoms with E-state index < -0.39 is 49.2 Å². The van der Waals surface area contributed by atoms with Crippen molar-refractivity contribution in [3.05, 3.63) is 0 Å². The summed E-state index contributed by atoms with van der Waals surface area (Å²) in [5.74, 6) is -1.26. The van der Waals surface area contributed by atoms with Gasteiger partial charge in [-0.3, -0.25) is 9.59 Å². The molecule has 0 aliphatic heterocycles. The van der Waals surface area contributed by atoms with Crippen LogP contribution in [0.15, 0.2) is 0 Å². The van der Waals surface area contributed by atoms with Gasteiger partial charge >= 0.3 is 0 Å². The minimum absolute atomic E-state index is 0.0624. The summed E-state index contributed by atoms with van der Waals surface area (Å²) in [5.41, 5.74) is 0. The standard InChI is InChI=1S/C16H30O7/c1-9(2)5-13(15(21)11(19)7-17)23-14(6-10(3)4)16(22)12(20)8-18/h9-14,17-20H,5-8H2,1-4H3. The lowest BCUT2D eigenvalue weighted by Gasteiger charge is -2.27. The topological polar surface area (TPSA) is 124 Å². The van der Waals surface area contributed by atoms with Gasteiger partial charge in [0.15, 0.2) is 11.6 Å². The van der Waals surface area contributed by atoms with Gasteiger partial charge in [-0.15, -0.1) is 0 Å². The molecule has 4 unspecified atom stereocenters. The third-order valence-corrected chi connectivity index (χ3v) is 3.34. The number of Topliss-reactive ketones (excluding diaryl/α,β-unsaturated/α-hetero) is 2. The molecule has 0 spiro atoms. The number of hydrogen-bond acceptors (Lipinski definition) is 7. The molecule has 0 rings (SSSR count). The first-order chi connectivity index (χ1) is 10.6. The van der Waals surface area contributed by atoms with Crippen LogP contribution in [0.25, 0.3) is 0 Å². The van der Waals surface area contributed by atoms with Crippen LogP contribution >= 0.6 is 0 Å². The number of carbonyl (C=O) groups excluding carboxylic acids is 2. The van der Waals surface area contributed by atoms with Crippen LogP contribution in [0.2, 0.25) is 0 Å². The van der Waals surface area contributed by atoms with E-state index in [9.17, 15) is 19.8 Å². The van der Waals surface area contributed by atoms with Crippen molar-refractivity contribution >= 4 is 11.6 Å². The van der Waals surface area contributed by atoms with Crippen molar-refractivity contribution in [1.29, 1.82) is 0 Å². The van der Waals surface area contributed by atoms with Crippen molar-refractivity contribution in [2.75, 3.05) is 13.2 Å². The first-order valence-corrected chi connectivity index (χ1v) is 7.94. The second-order valence-electron chi connectivity index (χ2n) is 6.57. The van der Waals surface area contributed by atoms with Crippen molar-refractivity contribution in [3.63, 3.8) is 0 Å². The van der Waals surface area contributed by atoms with Gasteiger partial charge in [0.05, 0.1) is 13.2 Å². The smallest absolute Gasteiger partial charge is 0.192 e. The van der Waals surface area contributed by atoms with Crippen LogP contribution in [0, 0.1) is 11.8 Å². The Balaban J connectivity index is 5.24. The monoisotopic (exact) mass is 334 g/mol. The highest BCUT2D eigenvalue weighted by molar-refractivity contribution is 5.89. The van der Waals surface area contributed by atoms with Crippen molar-refractivity contribution in [2.24, 2.45) is 11.8 Å². The number of ether oxygens (including phenoxy) is 1. The SMILES string of the molecule is CC(C)CC(OC(CC(C)C)C(=O)C(O)CO)C(=O)C(O)CO. The van der Waals surface area contributed by atoms with Gasteiger partial charge in [-0.05, 0) is 24.7 Å². The number of rotatable bonds is 12. The van der Waals surface area contributed by atoms with Crippen LogP contribution in [-0.2, 0) is 14.3 Å². The zero-order valence-electron chi connectivity index (χ0n) is 14.3. The molecule has 7 heteroatoms. The summed E-state index contributed by atoms with van der Waals surface area (Å²) in [4.78, 5) is 24.3. The third kappa shape index (κ3) is 7.99. The number of aliphatic hydroxyl groups is 4. The molecule has 7 nitrogen and oxygen atoms in total. The highest BCUT2D eigenvalue weighted by Crippen LogP contribution is 2.19. The van der Waals surface area contributed by atoms with E-state index in [2.05, 4.69) is 0 Å². The molecule has 136 valence electrons. The minimum Gasteiger partial charge on any atom is -0.393 e. The molecule has 0 aliphatic rings. The number of carbonyl (C=O) groups is 2. The van der Waals surface area contributed by atoms with Crippen LogP contribution in [0.1, 0.15) is 40.5 Å². The molecule has 4 N–H and O–H groups in total. The molecule has 0 saturated heterocycles. The maximum Gasteiger partial charge on any atom is 0.192 e. The first kappa shape index (κ1) is 22.1. The average Bonchev–Trinajstić information content (AvgIpc) is 2.49. The molecule has 0 heterocycles. The fourth-order valence-electron chi connectivity index (χ4n) is 2.14. The van der Waals surface area contributed by atoms with Crippen molar-refractivity contribution < 1.29 is 34.8 Å². The summed E-state index contributed by atoms with van der Waals surface area (Å²) in [6.07, 6.45) is -4.72. The van der Waals surface area contributed by atoms with Crippen LogP contribution in [0.4, 0.5) is 0 Å². The Labute approximate surface area is 137 Å². The van der Waals surface area contributed by atoms with Crippen LogP contribution in [0.5, 0.6) is 0 Å². The van der Waals surface area contributed by atoms with E-state index in [1.807, 2.05) is 27.7 Å². The van der Waals surface area contributed by atoms with Crippen molar-refractivity contribution in [3.8, 4) is 0 Å². The Morgan fingerprint density at radius 3 is 1.30 bits per heavy atom. The van der Waals surface area contributed by atoms with Gasteiger partial charge in [0.1, 0.15) is 24.4 Å². The zero-order valence-corrected chi connectivity index (χ0v) is 14.3. The molecule has 0 radical (unpaired) electrons. The maximum atomic E-state index is 12.1. The summed E-state index contributed by atoms with van der Waals surface area (Å²) < 4.78 is 5.60. The van der Waals surface area contributed by atoms with E-state index in [0.717, 1.165) is 0 Å². The number of aliphatic hydroxyl groups excluding tert-OH is 4. The predicted molar refractivity (Wildman–Crippen MR) is 83.8 cm³/mol. The molecular formula is C16H30O7. The molecule has 0 saturated carbocycles. The zero-order chi connectivity index (χ0) is 18.2. The van der Waals surface area contributed by atoms with Gasteiger partial charge in [0, 0.05) is 0 Å². The summed E-state index contributed by atoms with van der Waals surface area (Å²) in [5, 5.41) is 37.0. The average molecular weight is 334 g/mol. The molecule has 23 heavy (non-hydrogen) atoms. The number of hydrogen-bond donors (Lipinski definition) is 4. The van der Waals surface area contributed by atoms with Gasteiger partial charge < -0.3 is 25.2 Å². The van der Waals surface area contributed by atoms with Crippen LogP contribution < -0.4 is 0 Å².